The van der Waals surface area contributed by atoms with Gasteiger partial charge in [-0.15, -0.1) is 0 Å². The van der Waals surface area contributed by atoms with Crippen LogP contribution in [0.25, 0.3) is 0 Å². The lowest BCUT2D eigenvalue weighted by molar-refractivity contribution is 0.0905. The molecule has 1 atom stereocenters. The quantitative estimate of drug-likeness (QED) is 0.822. The van der Waals surface area contributed by atoms with Gasteiger partial charge in [0.15, 0.2) is 0 Å². The van der Waals surface area contributed by atoms with Crippen LogP contribution in [0, 0.1) is 0 Å². The number of ether oxygens (including phenoxy) is 1. The second kappa shape index (κ2) is 7.71. The van der Waals surface area contributed by atoms with Gasteiger partial charge in [0.05, 0.1) is 11.5 Å². The minimum absolute atomic E-state index is 0.118. The van der Waals surface area contributed by atoms with Gasteiger partial charge in [-0.05, 0) is 45.0 Å². The third kappa shape index (κ3) is 4.53. The average molecular weight is 328 g/mol. The summed E-state index contributed by atoms with van der Waals surface area (Å²) in [6.45, 7) is 5.85. The highest BCUT2D eigenvalue weighted by molar-refractivity contribution is 7.89. The van der Waals surface area contributed by atoms with E-state index in [9.17, 15) is 13.2 Å². The molecule has 6 nitrogen and oxygen atoms in total. The zero-order chi connectivity index (χ0) is 16.9. The number of amides is 1. The summed E-state index contributed by atoms with van der Waals surface area (Å²) in [5.74, 6) is -0.259. The van der Waals surface area contributed by atoms with E-state index in [0.29, 0.717) is 12.2 Å². The van der Waals surface area contributed by atoms with Crippen LogP contribution in [0.1, 0.15) is 31.1 Å². The third-order valence-corrected chi connectivity index (χ3v) is 5.36. The first-order valence-corrected chi connectivity index (χ1v) is 8.52. The molecule has 0 aromatic heterocycles. The number of hydrogen-bond donors (Lipinski definition) is 1. The normalized spacial score (nSPS) is 13.4. The number of methoxy groups -OCH3 is 1. The van der Waals surface area contributed by atoms with Gasteiger partial charge in [0.2, 0.25) is 10.0 Å². The average Bonchev–Trinajstić information content (AvgIpc) is 2.46. The molecule has 0 heterocycles. The van der Waals surface area contributed by atoms with Crippen molar-refractivity contribution in [1.29, 1.82) is 0 Å². The molecule has 1 amide bonds. The van der Waals surface area contributed by atoms with Crippen LogP contribution >= 0.6 is 0 Å². The molecule has 1 aromatic rings. The molecular weight excluding hydrogens is 304 g/mol. The summed E-state index contributed by atoms with van der Waals surface area (Å²) >= 11 is 0. The molecule has 1 N–H and O–H groups in total. The molecule has 0 aliphatic carbocycles. The Balaban J connectivity index is 2.89. The van der Waals surface area contributed by atoms with Crippen LogP contribution in [0.5, 0.6) is 0 Å². The predicted molar refractivity (Wildman–Crippen MR) is 85.3 cm³/mol. The fraction of sp³-hybridized carbons (Fsp3) is 0.533. The van der Waals surface area contributed by atoms with Crippen LogP contribution in [0.4, 0.5) is 0 Å². The fourth-order valence-corrected chi connectivity index (χ4v) is 3.19. The molecule has 0 fully saturated rings. The van der Waals surface area contributed by atoms with Crippen molar-refractivity contribution >= 4 is 15.9 Å². The highest BCUT2D eigenvalue weighted by Gasteiger charge is 2.23. The maximum absolute atomic E-state index is 12.3. The summed E-state index contributed by atoms with van der Waals surface area (Å²) < 4.78 is 30.9. The molecule has 0 saturated heterocycles. The van der Waals surface area contributed by atoms with Crippen LogP contribution in [0.15, 0.2) is 29.2 Å². The van der Waals surface area contributed by atoms with Crippen LogP contribution in [-0.2, 0) is 14.8 Å². The van der Waals surface area contributed by atoms with Gasteiger partial charge in [-0.1, -0.05) is 0 Å². The van der Waals surface area contributed by atoms with Crippen LogP contribution < -0.4 is 5.32 Å². The van der Waals surface area contributed by atoms with E-state index in [1.807, 2.05) is 6.92 Å². The number of rotatable bonds is 7. The lowest BCUT2D eigenvalue weighted by atomic mass is 10.2. The number of nitrogens with zero attached hydrogens (tertiary/aromatic N) is 1. The molecule has 0 spiro atoms. The molecule has 0 bridgehead atoms. The third-order valence-electron chi connectivity index (χ3n) is 3.31. The van der Waals surface area contributed by atoms with E-state index in [1.54, 1.807) is 21.0 Å². The molecule has 1 unspecified atom stereocenters. The molecular formula is C15H24N2O4S. The lowest BCUT2D eigenvalue weighted by Gasteiger charge is -2.21. The van der Waals surface area contributed by atoms with Crippen molar-refractivity contribution in [2.75, 3.05) is 20.8 Å². The molecule has 124 valence electrons. The van der Waals surface area contributed by atoms with E-state index in [-0.39, 0.29) is 22.9 Å². The Bertz CT molecular complexity index is 596. The molecule has 0 radical (unpaired) electrons. The highest BCUT2D eigenvalue weighted by atomic mass is 32.2. The van der Waals surface area contributed by atoms with E-state index < -0.39 is 10.0 Å². The summed E-state index contributed by atoms with van der Waals surface area (Å²) in [4.78, 5) is 12.2. The van der Waals surface area contributed by atoms with Gasteiger partial charge in [0.25, 0.3) is 5.91 Å². The van der Waals surface area contributed by atoms with Gasteiger partial charge in [-0.3, -0.25) is 4.79 Å². The molecule has 1 rings (SSSR count). The van der Waals surface area contributed by atoms with Gasteiger partial charge in [-0.25, -0.2) is 8.42 Å². The summed E-state index contributed by atoms with van der Waals surface area (Å²) in [5.41, 5.74) is 0.411. The summed E-state index contributed by atoms with van der Waals surface area (Å²) in [5, 5.41) is 2.77. The second-order valence-corrected chi connectivity index (χ2v) is 7.47. The van der Waals surface area contributed by atoms with E-state index >= 15 is 0 Å². The topological polar surface area (TPSA) is 75.7 Å². The zero-order valence-electron chi connectivity index (χ0n) is 13.7. The Kier molecular flexibility index (Phi) is 6.52. The smallest absolute Gasteiger partial charge is 0.251 e. The molecule has 1 aromatic carbocycles. The maximum atomic E-state index is 12.3. The van der Waals surface area contributed by atoms with E-state index in [1.165, 1.54) is 35.6 Å². The first-order valence-electron chi connectivity index (χ1n) is 7.08. The Morgan fingerprint density at radius 3 is 2.23 bits per heavy atom. The van der Waals surface area contributed by atoms with E-state index in [2.05, 4.69) is 5.32 Å². The fourth-order valence-electron chi connectivity index (χ4n) is 1.82. The second-order valence-electron chi connectivity index (χ2n) is 5.47. The van der Waals surface area contributed by atoms with E-state index in [4.69, 9.17) is 4.74 Å². The van der Waals surface area contributed by atoms with Crippen LogP contribution in [-0.4, -0.2) is 51.5 Å². The molecule has 0 aliphatic heterocycles. The maximum Gasteiger partial charge on any atom is 0.251 e. The predicted octanol–water partition coefficient (Wildman–Crippen LogP) is 1.48. The zero-order valence-corrected chi connectivity index (χ0v) is 14.5. The Labute approximate surface area is 132 Å². The Morgan fingerprint density at radius 2 is 1.77 bits per heavy atom. The van der Waals surface area contributed by atoms with Crippen molar-refractivity contribution in [3.05, 3.63) is 29.8 Å². The number of hydrogen-bond acceptors (Lipinski definition) is 4. The summed E-state index contributed by atoms with van der Waals surface area (Å²) in [6.07, 6.45) is 0. The van der Waals surface area contributed by atoms with Gasteiger partial charge in [0, 0.05) is 31.8 Å². The minimum Gasteiger partial charge on any atom is -0.383 e. The van der Waals surface area contributed by atoms with Gasteiger partial charge >= 0.3 is 0 Å². The van der Waals surface area contributed by atoms with Crippen molar-refractivity contribution in [2.24, 2.45) is 0 Å². The number of nitrogens with one attached hydrogen (secondary N) is 1. The molecule has 0 saturated carbocycles. The van der Waals surface area contributed by atoms with E-state index in [0.717, 1.165) is 0 Å². The first kappa shape index (κ1) is 18.6. The number of benzene rings is 1. The molecule has 22 heavy (non-hydrogen) atoms. The monoisotopic (exact) mass is 328 g/mol. The van der Waals surface area contributed by atoms with Gasteiger partial charge in [0.1, 0.15) is 0 Å². The van der Waals surface area contributed by atoms with Crippen molar-refractivity contribution < 1.29 is 17.9 Å². The Hall–Kier alpha value is -1.44. The van der Waals surface area contributed by atoms with Crippen molar-refractivity contribution in [3.8, 4) is 0 Å². The van der Waals surface area contributed by atoms with Crippen LogP contribution in [0.3, 0.4) is 0 Å². The lowest BCUT2D eigenvalue weighted by Crippen LogP contribution is -2.35. The highest BCUT2D eigenvalue weighted by Crippen LogP contribution is 2.17. The minimum atomic E-state index is -3.53. The summed E-state index contributed by atoms with van der Waals surface area (Å²) in [7, 11) is -0.433. The van der Waals surface area contributed by atoms with Crippen molar-refractivity contribution in [1.82, 2.24) is 9.62 Å². The van der Waals surface area contributed by atoms with Gasteiger partial charge in [-0.2, -0.15) is 4.31 Å². The Morgan fingerprint density at radius 1 is 1.23 bits per heavy atom. The number of sulfonamides is 1. The van der Waals surface area contributed by atoms with Gasteiger partial charge < -0.3 is 10.1 Å². The van der Waals surface area contributed by atoms with Crippen LogP contribution in [0.2, 0.25) is 0 Å². The molecule has 0 aliphatic rings. The molecule has 7 heteroatoms. The number of carbonyl (C=O) groups excluding carboxylic acids is 1. The standard InChI is InChI=1S/C15H24N2O4S/c1-11(2)17(4)22(19,20)14-8-6-13(7-9-14)15(18)16-12(3)10-21-5/h6-9,11-12H,10H2,1-5H3,(H,16,18). The van der Waals surface area contributed by atoms with Crippen molar-refractivity contribution in [3.63, 3.8) is 0 Å². The SMILES string of the molecule is COCC(C)NC(=O)c1ccc(S(=O)(=O)N(C)C(C)C)cc1. The largest absolute Gasteiger partial charge is 0.383 e. The summed E-state index contributed by atoms with van der Waals surface area (Å²) in [6, 6.07) is 5.66. The van der Waals surface area contributed by atoms with Crippen molar-refractivity contribution in [2.45, 2.75) is 37.8 Å². The number of carbonyl (C=O) groups is 1. The first-order chi connectivity index (χ1) is 10.2.